The molecular formula is C9H8N2O2. The smallest absolute Gasteiger partial charge is 0.247 e. The number of carbonyl (C=O) groups is 1. The van der Waals surface area contributed by atoms with Crippen LogP contribution in [0, 0.1) is 0 Å². The zero-order valence-electron chi connectivity index (χ0n) is 6.82. The number of aliphatic imine (C=N–C) groups is 1. The predicted molar refractivity (Wildman–Crippen MR) is 47.7 cm³/mol. The summed E-state index contributed by atoms with van der Waals surface area (Å²) in [5.74, 6) is 0.682. The first-order valence-corrected chi connectivity index (χ1v) is 3.89. The maximum Gasteiger partial charge on any atom is 0.247 e. The summed E-state index contributed by atoms with van der Waals surface area (Å²) in [5.41, 5.74) is 0.809. The third-order valence-corrected chi connectivity index (χ3v) is 1.78. The van der Waals surface area contributed by atoms with E-state index >= 15 is 0 Å². The molecule has 0 unspecified atom stereocenters. The quantitative estimate of drug-likeness (QED) is 0.645. The van der Waals surface area contributed by atoms with E-state index in [0.29, 0.717) is 5.84 Å². The summed E-state index contributed by atoms with van der Waals surface area (Å²) in [6, 6.07) is 6.53. The molecule has 4 heteroatoms. The van der Waals surface area contributed by atoms with Crippen molar-refractivity contribution < 1.29 is 9.90 Å². The number of nitrogens with zero attached hydrogens (tertiary/aromatic N) is 1. The largest absolute Gasteiger partial charge is 0.508 e. The first-order valence-electron chi connectivity index (χ1n) is 3.89. The van der Waals surface area contributed by atoms with Crippen molar-refractivity contribution in [3.05, 3.63) is 29.8 Å². The second-order valence-corrected chi connectivity index (χ2v) is 2.76. The van der Waals surface area contributed by atoms with Crippen molar-refractivity contribution >= 4 is 11.7 Å². The number of carbonyl (C=O) groups excluding carboxylic acids is 1. The predicted octanol–water partition coefficient (Wildman–Crippen LogP) is 0.269. The van der Waals surface area contributed by atoms with Crippen LogP contribution >= 0.6 is 0 Å². The Morgan fingerprint density at radius 2 is 2.00 bits per heavy atom. The summed E-state index contributed by atoms with van der Waals surface area (Å²) in [4.78, 5) is 14.8. The summed E-state index contributed by atoms with van der Waals surface area (Å²) < 4.78 is 0. The van der Waals surface area contributed by atoms with Crippen LogP contribution in [0.3, 0.4) is 0 Å². The number of amides is 1. The highest BCUT2D eigenvalue weighted by Gasteiger charge is 2.14. The van der Waals surface area contributed by atoms with Gasteiger partial charge in [0.15, 0.2) is 0 Å². The number of rotatable bonds is 1. The molecule has 2 rings (SSSR count). The normalized spacial score (nSPS) is 15.4. The molecule has 0 bridgehead atoms. The lowest BCUT2D eigenvalue weighted by molar-refractivity contribution is -0.117. The molecule has 0 saturated carbocycles. The van der Waals surface area contributed by atoms with Crippen LogP contribution in [-0.4, -0.2) is 23.4 Å². The van der Waals surface area contributed by atoms with Crippen LogP contribution in [0.5, 0.6) is 5.75 Å². The third kappa shape index (κ3) is 1.51. The van der Waals surface area contributed by atoms with E-state index < -0.39 is 0 Å². The molecule has 1 aliphatic rings. The van der Waals surface area contributed by atoms with E-state index in [2.05, 4.69) is 10.3 Å². The van der Waals surface area contributed by atoms with E-state index in [1.54, 1.807) is 24.3 Å². The molecule has 0 radical (unpaired) electrons. The van der Waals surface area contributed by atoms with Crippen molar-refractivity contribution in [2.75, 3.05) is 6.54 Å². The van der Waals surface area contributed by atoms with Crippen molar-refractivity contribution in [1.82, 2.24) is 5.32 Å². The van der Waals surface area contributed by atoms with Gasteiger partial charge in [0, 0.05) is 5.56 Å². The van der Waals surface area contributed by atoms with Gasteiger partial charge in [-0.05, 0) is 24.3 Å². The fourth-order valence-electron chi connectivity index (χ4n) is 1.14. The van der Waals surface area contributed by atoms with Crippen LogP contribution < -0.4 is 5.32 Å². The molecular weight excluding hydrogens is 168 g/mol. The monoisotopic (exact) mass is 176 g/mol. The molecule has 13 heavy (non-hydrogen) atoms. The molecule has 1 aliphatic heterocycles. The summed E-state index contributed by atoms with van der Waals surface area (Å²) in [6.45, 7) is 0.191. The Labute approximate surface area is 74.9 Å². The molecule has 0 aliphatic carbocycles. The SMILES string of the molecule is O=C1CN=C(c2ccc(O)cc2)N1. The van der Waals surface area contributed by atoms with Crippen LogP contribution in [0.2, 0.25) is 0 Å². The number of benzene rings is 1. The van der Waals surface area contributed by atoms with Crippen molar-refractivity contribution in [3.8, 4) is 5.75 Å². The molecule has 0 aromatic heterocycles. The van der Waals surface area contributed by atoms with Crippen LogP contribution in [0.1, 0.15) is 5.56 Å². The number of amidine groups is 1. The topological polar surface area (TPSA) is 61.7 Å². The molecule has 1 heterocycles. The maximum atomic E-state index is 10.8. The van der Waals surface area contributed by atoms with E-state index in [4.69, 9.17) is 5.11 Å². The number of hydrogen-bond acceptors (Lipinski definition) is 3. The number of nitrogens with one attached hydrogen (secondary N) is 1. The minimum absolute atomic E-state index is 0.0944. The molecule has 2 N–H and O–H groups in total. The van der Waals surface area contributed by atoms with Crippen LogP contribution in [0.25, 0.3) is 0 Å². The Morgan fingerprint density at radius 1 is 1.31 bits per heavy atom. The van der Waals surface area contributed by atoms with Crippen molar-refractivity contribution in [2.45, 2.75) is 0 Å². The molecule has 66 valence electrons. The third-order valence-electron chi connectivity index (χ3n) is 1.78. The number of phenols is 1. The van der Waals surface area contributed by atoms with Gasteiger partial charge in [0.05, 0.1) is 0 Å². The van der Waals surface area contributed by atoms with Gasteiger partial charge < -0.3 is 10.4 Å². The van der Waals surface area contributed by atoms with Gasteiger partial charge in [0.25, 0.3) is 0 Å². The molecule has 1 aromatic carbocycles. The maximum absolute atomic E-state index is 10.8. The van der Waals surface area contributed by atoms with E-state index in [0.717, 1.165) is 5.56 Å². The summed E-state index contributed by atoms with van der Waals surface area (Å²) in [6.07, 6.45) is 0. The van der Waals surface area contributed by atoms with Gasteiger partial charge in [-0.2, -0.15) is 0 Å². The lowest BCUT2D eigenvalue weighted by atomic mass is 10.2. The highest BCUT2D eigenvalue weighted by molar-refractivity contribution is 6.12. The number of phenolic OH excluding ortho intramolecular Hbond substituents is 1. The van der Waals surface area contributed by atoms with Crippen molar-refractivity contribution in [2.24, 2.45) is 4.99 Å². The zero-order chi connectivity index (χ0) is 9.26. The summed E-state index contributed by atoms with van der Waals surface area (Å²) >= 11 is 0. The summed E-state index contributed by atoms with van der Waals surface area (Å²) in [7, 11) is 0. The molecule has 0 spiro atoms. The van der Waals surface area contributed by atoms with E-state index in [1.807, 2.05) is 0 Å². The second kappa shape index (κ2) is 2.90. The first-order chi connectivity index (χ1) is 6.25. The zero-order valence-corrected chi connectivity index (χ0v) is 6.82. The highest BCUT2D eigenvalue weighted by atomic mass is 16.3. The number of aromatic hydroxyl groups is 1. The highest BCUT2D eigenvalue weighted by Crippen LogP contribution is 2.10. The van der Waals surface area contributed by atoms with E-state index in [-0.39, 0.29) is 18.2 Å². The molecule has 0 saturated heterocycles. The van der Waals surface area contributed by atoms with Gasteiger partial charge in [0.1, 0.15) is 18.1 Å². The number of hydrogen-bond donors (Lipinski definition) is 2. The van der Waals surface area contributed by atoms with Crippen LogP contribution in [0.4, 0.5) is 0 Å². The molecule has 0 atom stereocenters. The second-order valence-electron chi connectivity index (χ2n) is 2.76. The minimum atomic E-state index is -0.0944. The van der Waals surface area contributed by atoms with E-state index in [1.165, 1.54) is 0 Å². The lowest BCUT2D eigenvalue weighted by Gasteiger charge is -2.00. The Kier molecular flexibility index (Phi) is 1.73. The van der Waals surface area contributed by atoms with Gasteiger partial charge in [0.2, 0.25) is 5.91 Å². The minimum Gasteiger partial charge on any atom is -0.508 e. The van der Waals surface area contributed by atoms with Crippen molar-refractivity contribution in [3.63, 3.8) is 0 Å². The fourth-order valence-corrected chi connectivity index (χ4v) is 1.14. The molecule has 0 fully saturated rings. The fraction of sp³-hybridized carbons (Fsp3) is 0.111. The Hall–Kier alpha value is -1.84. The Balaban J connectivity index is 2.27. The van der Waals surface area contributed by atoms with Crippen LogP contribution in [-0.2, 0) is 4.79 Å². The van der Waals surface area contributed by atoms with Gasteiger partial charge in [-0.15, -0.1) is 0 Å². The van der Waals surface area contributed by atoms with Gasteiger partial charge in [-0.25, -0.2) is 0 Å². The van der Waals surface area contributed by atoms with Gasteiger partial charge in [-0.3, -0.25) is 9.79 Å². The average Bonchev–Trinajstić information content (AvgIpc) is 2.53. The Morgan fingerprint density at radius 3 is 2.54 bits per heavy atom. The first kappa shape index (κ1) is 7.79. The molecule has 1 aromatic rings. The summed E-state index contributed by atoms with van der Waals surface area (Å²) in [5, 5.41) is 11.6. The van der Waals surface area contributed by atoms with Crippen molar-refractivity contribution in [1.29, 1.82) is 0 Å². The van der Waals surface area contributed by atoms with Gasteiger partial charge >= 0.3 is 0 Å². The van der Waals surface area contributed by atoms with E-state index in [9.17, 15) is 4.79 Å². The molecule has 1 amide bonds. The standard InChI is InChI=1S/C9H8N2O2/c12-7-3-1-6(2-4-7)9-10-5-8(13)11-9/h1-4,12H,5H2,(H,10,11,13). The molecule has 4 nitrogen and oxygen atoms in total. The van der Waals surface area contributed by atoms with Gasteiger partial charge in [-0.1, -0.05) is 0 Å². The lowest BCUT2D eigenvalue weighted by Crippen LogP contribution is -2.24. The Bertz CT molecular complexity index is 368. The van der Waals surface area contributed by atoms with Crippen LogP contribution in [0.15, 0.2) is 29.3 Å². The average molecular weight is 176 g/mol.